The number of nitrogens with zero attached hydrogens (tertiary/aromatic N) is 1. The van der Waals surface area contributed by atoms with Crippen molar-refractivity contribution in [3.8, 4) is 0 Å². The summed E-state index contributed by atoms with van der Waals surface area (Å²) in [7, 11) is 0. The maximum absolute atomic E-state index is 12.4. The summed E-state index contributed by atoms with van der Waals surface area (Å²) in [5.74, 6) is 0.810. The molecule has 4 heteroatoms. The van der Waals surface area contributed by atoms with Gasteiger partial charge in [0, 0.05) is 28.5 Å². The third-order valence-corrected chi connectivity index (χ3v) is 4.35. The first-order valence-electron chi connectivity index (χ1n) is 6.31. The molecule has 98 valence electrons. The lowest BCUT2D eigenvalue weighted by Crippen LogP contribution is -2.40. The molecule has 0 spiro atoms. The molecule has 1 saturated heterocycles. The predicted octanol–water partition coefficient (Wildman–Crippen LogP) is 4.09. The normalized spacial score (nSPS) is 19.9. The van der Waals surface area contributed by atoms with Crippen molar-refractivity contribution in [3.63, 3.8) is 0 Å². The second kappa shape index (κ2) is 6.71. The summed E-state index contributed by atoms with van der Waals surface area (Å²) in [5, 5.41) is 1.02. The van der Waals surface area contributed by atoms with Gasteiger partial charge in [-0.25, -0.2) is 0 Å². The van der Waals surface area contributed by atoms with Crippen LogP contribution in [-0.4, -0.2) is 29.2 Å². The highest BCUT2D eigenvalue weighted by molar-refractivity contribution is 9.10. The zero-order valence-corrected chi connectivity index (χ0v) is 13.4. The number of piperidine rings is 1. The molecule has 2 rings (SSSR count). The Morgan fingerprint density at radius 3 is 3.00 bits per heavy atom. The van der Waals surface area contributed by atoms with Gasteiger partial charge in [0.25, 0.3) is 5.91 Å². The van der Waals surface area contributed by atoms with E-state index in [2.05, 4.69) is 31.9 Å². The molecule has 1 aliphatic heterocycles. The number of alkyl halides is 1. The average molecular weight is 375 g/mol. The van der Waals surface area contributed by atoms with Crippen LogP contribution in [0.15, 0.2) is 28.7 Å². The van der Waals surface area contributed by atoms with Crippen LogP contribution in [0, 0.1) is 5.92 Å². The standard InChI is InChI=1S/C14H17Br2NO/c15-7-6-11-3-2-8-17(10-11)14(18)12-4-1-5-13(16)9-12/h1,4-5,9,11H,2-3,6-8,10H2. The third kappa shape index (κ3) is 3.58. The van der Waals surface area contributed by atoms with E-state index in [4.69, 9.17) is 0 Å². The fourth-order valence-corrected chi connectivity index (χ4v) is 3.49. The largest absolute Gasteiger partial charge is 0.338 e. The van der Waals surface area contributed by atoms with Gasteiger partial charge in [-0.1, -0.05) is 37.9 Å². The van der Waals surface area contributed by atoms with Crippen molar-refractivity contribution in [2.24, 2.45) is 5.92 Å². The summed E-state index contributed by atoms with van der Waals surface area (Å²) in [5.41, 5.74) is 0.781. The van der Waals surface area contributed by atoms with E-state index in [9.17, 15) is 4.79 Å². The Bertz CT molecular complexity index is 420. The van der Waals surface area contributed by atoms with Crippen LogP contribution < -0.4 is 0 Å². The molecule has 0 N–H and O–H groups in total. The Morgan fingerprint density at radius 2 is 2.28 bits per heavy atom. The minimum atomic E-state index is 0.163. The number of carbonyl (C=O) groups excluding carboxylic acids is 1. The van der Waals surface area contributed by atoms with Crippen LogP contribution in [0.4, 0.5) is 0 Å². The number of benzene rings is 1. The van der Waals surface area contributed by atoms with Gasteiger partial charge in [0.05, 0.1) is 0 Å². The number of hydrogen-bond acceptors (Lipinski definition) is 1. The fraction of sp³-hybridized carbons (Fsp3) is 0.500. The molecule has 1 aromatic rings. The quantitative estimate of drug-likeness (QED) is 0.729. The Kier molecular flexibility index (Phi) is 5.25. The Balaban J connectivity index is 2.04. The molecular formula is C14H17Br2NO. The smallest absolute Gasteiger partial charge is 0.253 e. The molecule has 0 aromatic heterocycles. The van der Waals surface area contributed by atoms with Gasteiger partial charge in [-0.15, -0.1) is 0 Å². The summed E-state index contributed by atoms with van der Waals surface area (Å²) in [6.07, 6.45) is 3.52. The van der Waals surface area contributed by atoms with Gasteiger partial charge < -0.3 is 4.90 Å². The Labute approximate surface area is 125 Å². The fourth-order valence-electron chi connectivity index (χ4n) is 2.44. The summed E-state index contributed by atoms with van der Waals surface area (Å²) >= 11 is 6.90. The van der Waals surface area contributed by atoms with Gasteiger partial charge in [0.15, 0.2) is 0 Å². The van der Waals surface area contributed by atoms with Gasteiger partial charge in [0.1, 0.15) is 0 Å². The van der Waals surface area contributed by atoms with Crippen molar-refractivity contribution in [1.29, 1.82) is 0 Å². The maximum atomic E-state index is 12.4. The highest BCUT2D eigenvalue weighted by Crippen LogP contribution is 2.22. The van der Waals surface area contributed by atoms with Crippen LogP contribution in [0.25, 0.3) is 0 Å². The molecule has 1 aromatic carbocycles. The Hall–Kier alpha value is -0.350. The number of halogens is 2. The highest BCUT2D eigenvalue weighted by atomic mass is 79.9. The topological polar surface area (TPSA) is 20.3 Å². The van der Waals surface area contributed by atoms with Gasteiger partial charge >= 0.3 is 0 Å². The lowest BCUT2D eigenvalue weighted by Gasteiger charge is -2.32. The Morgan fingerprint density at radius 1 is 1.44 bits per heavy atom. The SMILES string of the molecule is O=C(c1cccc(Br)c1)N1CCCC(CCBr)C1. The molecule has 1 atom stereocenters. The van der Waals surface area contributed by atoms with Crippen molar-refractivity contribution in [3.05, 3.63) is 34.3 Å². The molecule has 1 unspecified atom stereocenters. The van der Waals surface area contributed by atoms with Crippen molar-refractivity contribution >= 4 is 37.8 Å². The van der Waals surface area contributed by atoms with Crippen molar-refractivity contribution in [2.75, 3.05) is 18.4 Å². The average Bonchev–Trinajstić information content (AvgIpc) is 2.39. The zero-order valence-electron chi connectivity index (χ0n) is 10.2. The molecular weight excluding hydrogens is 358 g/mol. The molecule has 0 aliphatic carbocycles. The number of carbonyl (C=O) groups is 1. The predicted molar refractivity (Wildman–Crippen MR) is 81.2 cm³/mol. The number of rotatable bonds is 3. The van der Waals surface area contributed by atoms with Gasteiger partial charge in [0.2, 0.25) is 0 Å². The zero-order chi connectivity index (χ0) is 13.0. The van der Waals surface area contributed by atoms with Crippen LogP contribution in [0.1, 0.15) is 29.6 Å². The molecule has 18 heavy (non-hydrogen) atoms. The van der Waals surface area contributed by atoms with Crippen LogP contribution in [0.5, 0.6) is 0 Å². The van der Waals surface area contributed by atoms with E-state index in [0.29, 0.717) is 5.92 Å². The van der Waals surface area contributed by atoms with E-state index >= 15 is 0 Å². The number of amides is 1. The third-order valence-electron chi connectivity index (χ3n) is 3.40. The van der Waals surface area contributed by atoms with Crippen LogP contribution >= 0.6 is 31.9 Å². The van der Waals surface area contributed by atoms with Crippen LogP contribution in [0.3, 0.4) is 0 Å². The molecule has 1 heterocycles. The van der Waals surface area contributed by atoms with Crippen molar-refractivity contribution in [2.45, 2.75) is 19.3 Å². The van der Waals surface area contributed by atoms with E-state index in [1.165, 1.54) is 6.42 Å². The first-order valence-corrected chi connectivity index (χ1v) is 8.23. The van der Waals surface area contributed by atoms with E-state index in [0.717, 1.165) is 41.3 Å². The van der Waals surface area contributed by atoms with Gasteiger partial charge in [-0.2, -0.15) is 0 Å². The summed E-state index contributed by atoms with van der Waals surface area (Å²) in [4.78, 5) is 14.4. The second-order valence-corrected chi connectivity index (χ2v) is 6.46. The molecule has 0 saturated carbocycles. The number of hydrogen-bond donors (Lipinski definition) is 0. The van der Waals surface area contributed by atoms with Crippen LogP contribution in [-0.2, 0) is 0 Å². The van der Waals surface area contributed by atoms with Crippen LogP contribution in [0.2, 0.25) is 0 Å². The van der Waals surface area contributed by atoms with Gasteiger partial charge in [-0.3, -0.25) is 4.79 Å². The van der Waals surface area contributed by atoms with E-state index < -0.39 is 0 Å². The molecule has 1 fully saturated rings. The summed E-state index contributed by atoms with van der Waals surface area (Å²) in [6, 6.07) is 7.65. The van der Waals surface area contributed by atoms with E-state index in [1.807, 2.05) is 29.2 Å². The van der Waals surface area contributed by atoms with E-state index in [-0.39, 0.29) is 5.91 Å². The minimum Gasteiger partial charge on any atom is -0.338 e. The van der Waals surface area contributed by atoms with Gasteiger partial charge in [-0.05, 0) is 43.4 Å². The first kappa shape index (κ1) is 14.1. The molecule has 0 bridgehead atoms. The molecule has 1 amide bonds. The minimum absolute atomic E-state index is 0.163. The summed E-state index contributed by atoms with van der Waals surface area (Å²) in [6.45, 7) is 1.79. The molecule has 1 aliphatic rings. The van der Waals surface area contributed by atoms with E-state index in [1.54, 1.807) is 0 Å². The second-order valence-electron chi connectivity index (χ2n) is 4.75. The maximum Gasteiger partial charge on any atom is 0.253 e. The van der Waals surface area contributed by atoms with Crippen molar-refractivity contribution in [1.82, 2.24) is 4.90 Å². The van der Waals surface area contributed by atoms with Crippen molar-refractivity contribution < 1.29 is 4.79 Å². The molecule has 2 nitrogen and oxygen atoms in total. The monoisotopic (exact) mass is 373 g/mol. The lowest BCUT2D eigenvalue weighted by molar-refractivity contribution is 0.0672. The first-order chi connectivity index (χ1) is 8.70. The molecule has 0 radical (unpaired) electrons. The number of likely N-dealkylation sites (tertiary alicyclic amines) is 1. The highest BCUT2D eigenvalue weighted by Gasteiger charge is 2.23. The summed E-state index contributed by atoms with van der Waals surface area (Å²) < 4.78 is 0.961. The lowest BCUT2D eigenvalue weighted by atomic mass is 9.95.